The lowest BCUT2D eigenvalue weighted by molar-refractivity contribution is -0.142. The molecular formula is C26H27F2N3O4. The fraction of sp³-hybridized carbons (Fsp3) is 0.385. The summed E-state index contributed by atoms with van der Waals surface area (Å²) < 4.78 is 26.5. The Kier molecular flexibility index (Phi) is 5.74. The van der Waals surface area contributed by atoms with Gasteiger partial charge in [-0.3, -0.25) is 9.78 Å². The Hall–Kier alpha value is -3.14. The van der Waals surface area contributed by atoms with Gasteiger partial charge in [-0.2, -0.15) is 0 Å². The number of hydrogen-bond donors (Lipinski definition) is 4. The van der Waals surface area contributed by atoms with Crippen LogP contribution in [-0.2, 0) is 5.91 Å². The fourth-order valence-corrected chi connectivity index (χ4v) is 4.81. The monoisotopic (exact) mass is 483 g/mol. The molecule has 5 rings (SSSR count). The van der Waals surface area contributed by atoms with Crippen LogP contribution in [0.1, 0.15) is 41.6 Å². The molecular weight excluding hydrogens is 456 g/mol. The number of carbonyl (C=O) groups is 1. The summed E-state index contributed by atoms with van der Waals surface area (Å²) in [6, 6.07) is 15.0. The van der Waals surface area contributed by atoms with Gasteiger partial charge in [-0.1, -0.05) is 18.2 Å². The van der Waals surface area contributed by atoms with E-state index in [0.717, 1.165) is 5.39 Å². The molecule has 0 spiro atoms. The normalized spacial score (nSPS) is 21.1. The van der Waals surface area contributed by atoms with Crippen molar-refractivity contribution in [3.05, 3.63) is 71.9 Å². The highest BCUT2D eigenvalue weighted by Crippen LogP contribution is 2.53. The summed E-state index contributed by atoms with van der Waals surface area (Å²) in [6.45, 7) is 0.580. The van der Waals surface area contributed by atoms with Crippen molar-refractivity contribution < 1.29 is 28.9 Å². The molecule has 4 N–H and O–H groups in total. The fourth-order valence-electron chi connectivity index (χ4n) is 4.81. The molecule has 35 heavy (non-hydrogen) atoms. The third-order valence-corrected chi connectivity index (χ3v) is 7.02. The highest BCUT2D eigenvalue weighted by Gasteiger charge is 2.59. The lowest BCUT2D eigenvalue weighted by Gasteiger charge is -2.38. The van der Waals surface area contributed by atoms with Crippen LogP contribution in [0.5, 0.6) is 0 Å². The molecule has 1 unspecified atom stereocenters. The number of pyridine rings is 1. The van der Waals surface area contributed by atoms with Crippen LogP contribution in [0.15, 0.2) is 60.8 Å². The molecule has 7 nitrogen and oxygen atoms in total. The first-order valence-corrected chi connectivity index (χ1v) is 11.6. The molecule has 0 bridgehead atoms. The molecule has 3 aromatic rings. The first-order chi connectivity index (χ1) is 16.6. The maximum absolute atomic E-state index is 13.2. The molecule has 0 radical (unpaired) electrons. The van der Waals surface area contributed by atoms with Crippen molar-refractivity contribution in [2.45, 2.75) is 43.1 Å². The highest BCUT2D eigenvalue weighted by molar-refractivity contribution is 5.94. The maximum atomic E-state index is 13.2. The van der Waals surface area contributed by atoms with Crippen molar-refractivity contribution in [2.24, 2.45) is 5.92 Å². The number of anilines is 1. The minimum absolute atomic E-state index is 0.0681. The molecule has 1 amide bonds. The molecule has 1 aromatic heterocycles. The number of hydrogen-bond acceptors (Lipinski definition) is 6. The summed E-state index contributed by atoms with van der Waals surface area (Å²) >= 11 is 0. The number of aliphatic hydroxyl groups is 3. The Morgan fingerprint density at radius 3 is 2.40 bits per heavy atom. The number of rotatable bonds is 6. The van der Waals surface area contributed by atoms with Gasteiger partial charge in [-0.05, 0) is 55.7 Å². The number of para-hydroxylation sites is 1. The van der Waals surface area contributed by atoms with Gasteiger partial charge in [-0.15, -0.1) is 0 Å². The Morgan fingerprint density at radius 1 is 1.09 bits per heavy atom. The van der Waals surface area contributed by atoms with E-state index in [0.29, 0.717) is 16.8 Å². The summed E-state index contributed by atoms with van der Waals surface area (Å²) in [5.74, 6) is -6.05. The van der Waals surface area contributed by atoms with Crippen LogP contribution >= 0.6 is 0 Å². The van der Waals surface area contributed by atoms with Gasteiger partial charge in [0.25, 0.3) is 17.7 Å². The zero-order valence-electron chi connectivity index (χ0n) is 19.0. The minimum atomic E-state index is -2.66. The Balaban J connectivity index is 1.22. The molecule has 1 atom stereocenters. The average Bonchev–Trinajstić information content (AvgIpc) is 3.43. The van der Waals surface area contributed by atoms with Crippen molar-refractivity contribution in [3.63, 3.8) is 0 Å². The average molecular weight is 484 g/mol. The Bertz CT molecular complexity index is 1240. The van der Waals surface area contributed by atoms with E-state index >= 15 is 0 Å². The van der Waals surface area contributed by atoms with Crippen molar-refractivity contribution in [2.75, 3.05) is 18.4 Å². The van der Waals surface area contributed by atoms with Gasteiger partial charge in [0.15, 0.2) is 0 Å². The molecule has 2 heterocycles. The van der Waals surface area contributed by atoms with Gasteiger partial charge >= 0.3 is 0 Å². The summed E-state index contributed by atoms with van der Waals surface area (Å²) in [5.41, 5.74) is 0.285. The second-order valence-electron chi connectivity index (χ2n) is 9.64. The molecule has 1 saturated carbocycles. The minimum Gasteiger partial charge on any atom is -0.390 e. The maximum Gasteiger partial charge on any atom is 0.274 e. The topological polar surface area (TPSA) is 106 Å². The highest BCUT2D eigenvalue weighted by atomic mass is 19.3. The van der Waals surface area contributed by atoms with Crippen LogP contribution in [0.2, 0.25) is 0 Å². The van der Waals surface area contributed by atoms with Crippen molar-refractivity contribution in [3.8, 4) is 0 Å². The second kappa shape index (κ2) is 8.51. The van der Waals surface area contributed by atoms with Gasteiger partial charge in [-0.25, -0.2) is 8.78 Å². The third-order valence-electron chi connectivity index (χ3n) is 7.02. The Labute approximate surface area is 201 Å². The molecule has 2 aromatic carbocycles. The van der Waals surface area contributed by atoms with Gasteiger partial charge in [0.2, 0.25) is 0 Å². The SMILES string of the molecule is O=C(c1ccc(NC(O)(O)c2cccc3cccnc23)cc1)N1CCC(O)(CC2CC2(F)F)CC1. The number of halogens is 2. The molecule has 9 heteroatoms. The van der Waals surface area contributed by atoms with Gasteiger partial charge in [0.1, 0.15) is 0 Å². The first-order valence-electron chi connectivity index (χ1n) is 11.6. The van der Waals surface area contributed by atoms with Crippen molar-refractivity contribution in [1.29, 1.82) is 0 Å². The van der Waals surface area contributed by atoms with E-state index in [1.54, 1.807) is 53.6 Å². The summed E-state index contributed by atoms with van der Waals surface area (Å²) in [6.07, 6.45) is 2.01. The van der Waals surface area contributed by atoms with Crippen LogP contribution in [0.4, 0.5) is 14.5 Å². The molecule has 1 aliphatic heterocycles. The van der Waals surface area contributed by atoms with Crippen LogP contribution in [0.3, 0.4) is 0 Å². The summed E-state index contributed by atoms with van der Waals surface area (Å²) in [7, 11) is 0. The van der Waals surface area contributed by atoms with E-state index in [1.165, 1.54) is 0 Å². The molecule has 1 aliphatic carbocycles. The van der Waals surface area contributed by atoms with E-state index in [1.807, 2.05) is 12.1 Å². The zero-order valence-corrected chi connectivity index (χ0v) is 19.0. The van der Waals surface area contributed by atoms with E-state index < -0.39 is 23.4 Å². The largest absolute Gasteiger partial charge is 0.390 e. The molecule has 2 fully saturated rings. The lowest BCUT2D eigenvalue weighted by atomic mass is 9.86. The summed E-state index contributed by atoms with van der Waals surface area (Å²) in [4.78, 5) is 18.8. The molecule has 184 valence electrons. The van der Waals surface area contributed by atoms with E-state index in [4.69, 9.17) is 0 Å². The smallest absolute Gasteiger partial charge is 0.274 e. The van der Waals surface area contributed by atoms with Crippen LogP contribution in [-0.4, -0.2) is 55.7 Å². The quantitative estimate of drug-likeness (QED) is 0.400. The van der Waals surface area contributed by atoms with Gasteiger partial charge < -0.3 is 25.5 Å². The number of nitrogens with one attached hydrogen (secondary N) is 1. The van der Waals surface area contributed by atoms with E-state index in [2.05, 4.69) is 10.3 Å². The van der Waals surface area contributed by atoms with Crippen LogP contribution < -0.4 is 5.32 Å². The zero-order chi connectivity index (χ0) is 24.8. The van der Waals surface area contributed by atoms with E-state index in [9.17, 15) is 28.9 Å². The number of likely N-dealkylation sites (tertiary alicyclic amines) is 1. The number of fused-ring (bicyclic) bond motifs is 1. The lowest BCUT2D eigenvalue weighted by Crippen LogP contribution is -2.47. The number of amides is 1. The number of nitrogens with zero attached hydrogens (tertiary/aromatic N) is 2. The van der Waals surface area contributed by atoms with E-state index in [-0.39, 0.29) is 50.2 Å². The van der Waals surface area contributed by atoms with Gasteiger partial charge in [0, 0.05) is 48.3 Å². The van der Waals surface area contributed by atoms with Crippen LogP contribution in [0, 0.1) is 5.92 Å². The number of alkyl halides is 2. The Morgan fingerprint density at radius 2 is 1.74 bits per heavy atom. The number of aromatic nitrogens is 1. The number of piperidine rings is 1. The van der Waals surface area contributed by atoms with Crippen molar-refractivity contribution in [1.82, 2.24) is 9.88 Å². The first kappa shape index (κ1) is 23.6. The number of benzene rings is 2. The predicted octanol–water partition coefficient (Wildman–Crippen LogP) is 3.45. The third kappa shape index (κ3) is 4.84. The van der Waals surface area contributed by atoms with Gasteiger partial charge in [0.05, 0.1) is 16.7 Å². The second-order valence-corrected chi connectivity index (χ2v) is 9.64. The predicted molar refractivity (Wildman–Crippen MR) is 126 cm³/mol. The standard InChI is InChI=1S/C26H27F2N3O4/c27-25(28)16-19(25)15-24(33)10-13-31(14-11-24)23(32)18-6-8-20(9-7-18)30-26(34,35)21-5-1-3-17-4-2-12-29-22(17)21/h1-9,12,19,30,33-35H,10-11,13-16H2. The molecule has 2 aliphatic rings. The molecule has 1 saturated heterocycles. The number of carbonyl (C=O) groups excluding carboxylic acids is 1. The van der Waals surface area contributed by atoms with Crippen molar-refractivity contribution >= 4 is 22.5 Å². The van der Waals surface area contributed by atoms with Crippen LogP contribution in [0.25, 0.3) is 10.9 Å². The summed E-state index contributed by atoms with van der Waals surface area (Å²) in [5, 5.41) is 35.5.